The maximum absolute atomic E-state index is 12.3. The first-order valence-corrected chi connectivity index (χ1v) is 7.46. The van der Waals surface area contributed by atoms with Crippen molar-refractivity contribution >= 4 is 17.2 Å². The lowest BCUT2D eigenvalue weighted by molar-refractivity contribution is 0.0951. The molecule has 1 aromatic heterocycles. The van der Waals surface area contributed by atoms with Crippen molar-refractivity contribution in [3.63, 3.8) is 0 Å². The smallest absolute Gasteiger partial charge is 0.252 e. The Kier molecular flexibility index (Phi) is 5.15. The van der Waals surface area contributed by atoms with E-state index in [1.54, 1.807) is 29.5 Å². The molecule has 3 nitrogen and oxygen atoms in total. The molecule has 21 heavy (non-hydrogen) atoms. The number of aliphatic hydroxyl groups excluding tert-OH is 1. The number of carbonyl (C=O) groups is 1. The Morgan fingerprint density at radius 3 is 2.76 bits per heavy atom. The van der Waals surface area contributed by atoms with Crippen molar-refractivity contribution < 1.29 is 9.90 Å². The van der Waals surface area contributed by atoms with E-state index in [1.807, 2.05) is 6.07 Å². The topological polar surface area (TPSA) is 49.3 Å². The Bertz CT molecular complexity index is 688. The minimum absolute atomic E-state index is 0.151. The number of aryl methyl sites for hydroxylation is 2. The van der Waals surface area contributed by atoms with Crippen molar-refractivity contribution in [1.82, 2.24) is 5.32 Å². The van der Waals surface area contributed by atoms with E-state index in [0.717, 1.165) is 4.88 Å². The predicted molar refractivity (Wildman–Crippen MR) is 85.4 cm³/mol. The molecule has 0 spiro atoms. The van der Waals surface area contributed by atoms with Gasteiger partial charge in [0.05, 0.1) is 12.1 Å². The molecule has 2 N–H and O–H groups in total. The van der Waals surface area contributed by atoms with Crippen LogP contribution in [-0.2, 0) is 6.54 Å². The molecule has 1 amide bonds. The number of rotatable bonds is 3. The number of nitrogens with one attached hydrogen (secondary N) is 1. The first kappa shape index (κ1) is 15.3. The molecule has 0 saturated heterocycles. The molecule has 0 bridgehead atoms. The van der Waals surface area contributed by atoms with Crippen LogP contribution in [0.15, 0.2) is 30.3 Å². The minimum atomic E-state index is -0.219. The molecule has 0 aliphatic heterocycles. The average molecular weight is 299 g/mol. The molecule has 0 radical (unpaired) electrons. The van der Waals surface area contributed by atoms with Gasteiger partial charge in [-0.2, -0.15) is 0 Å². The highest BCUT2D eigenvalue weighted by Gasteiger charge is 2.10. The van der Waals surface area contributed by atoms with E-state index in [9.17, 15) is 4.79 Å². The second-order valence-electron chi connectivity index (χ2n) is 4.64. The van der Waals surface area contributed by atoms with Crippen LogP contribution in [0.3, 0.4) is 0 Å². The van der Waals surface area contributed by atoms with Crippen molar-refractivity contribution in [1.29, 1.82) is 0 Å². The standard InChI is InChI=1S/C17H17NO2S/c1-12-10-15(21-13(12)2)11-18-17(20)16-8-4-3-6-14(16)7-5-9-19/h3-4,6,8,10,19H,9,11H2,1-2H3,(H,18,20). The van der Waals surface area contributed by atoms with Gasteiger partial charge in [-0.25, -0.2) is 0 Å². The summed E-state index contributed by atoms with van der Waals surface area (Å²) in [5, 5.41) is 11.7. The highest BCUT2D eigenvalue weighted by atomic mass is 32.1. The molecule has 4 heteroatoms. The highest BCUT2D eigenvalue weighted by Crippen LogP contribution is 2.20. The molecule has 0 aliphatic carbocycles. The van der Waals surface area contributed by atoms with Crippen LogP contribution in [0.2, 0.25) is 0 Å². The summed E-state index contributed by atoms with van der Waals surface area (Å²) >= 11 is 1.69. The molecule has 1 aromatic carbocycles. The third kappa shape index (κ3) is 3.94. The number of thiophene rings is 1. The lowest BCUT2D eigenvalue weighted by Crippen LogP contribution is -2.23. The molecule has 0 aliphatic rings. The quantitative estimate of drug-likeness (QED) is 0.856. The number of hydrogen-bond donors (Lipinski definition) is 2. The van der Waals surface area contributed by atoms with Crippen LogP contribution in [0.25, 0.3) is 0 Å². The first-order chi connectivity index (χ1) is 10.1. The van der Waals surface area contributed by atoms with Gasteiger partial charge in [-0.1, -0.05) is 24.0 Å². The summed E-state index contributed by atoms with van der Waals surface area (Å²) in [4.78, 5) is 14.7. The van der Waals surface area contributed by atoms with Gasteiger partial charge >= 0.3 is 0 Å². The second kappa shape index (κ2) is 7.07. The fourth-order valence-corrected chi connectivity index (χ4v) is 2.92. The SMILES string of the molecule is Cc1cc(CNC(=O)c2ccccc2C#CCO)sc1C. The van der Waals surface area contributed by atoms with Gasteiger partial charge in [-0.3, -0.25) is 4.79 Å². The van der Waals surface area contributed by atoms with Crippen LogP contribution in [-0.4, -0.2) is 17.6 Å². The van der Waals surface area contributed by atoms with E-state index in [0.29, 0.717) is 17.7 Å². The second-order valence-corrected chi connectivity index (χ2v) is 5.98. The van der Waals surface area contributed by atoms with Crippen LogP contribution in [0.5, 0.6) is 0 Å². The highest BCUT2D eigenvalue weighted by molar-refractivity contribution is 7.12. The zero-order valence-electron chi connectivity index (χ0n) is 12.1. The molecule has 108 valence electrons. The lowest BCUT2D eigenvalue weighted by atomic mass is 10.1. The molecule has 0 unspecified atom stereocenters. The van der Waals surface area contributed by atoms with E-state index in [-0.39, 0.29) is 12.5 Å². The summed E-state index contributed by atoms with van der Waals surface area (Å²) in [5.41, 5.74) is 2.41. The van der Waals surface area contributed by atoms with Gasteiger partial charge < -0.3 is 10.4 Å². The Balaban J connectivity index is 2.10. The largest absolute Gasteiger partial charge is 0.384 e. The Labute approximate surface area is 128 Å². The van der Waals surface area contributed by atoms with Gasteiger partial charge in [0.1, 0.15) is 6.61 Å². The number of amides is 1. The third-order valence-electron chi connectivity index (χ3n) is 3.11. The number of carbonyl (C=O) groups excluding carboxylic acids is 1. The van der Waals surface area contributed by atoms with Crippen molar-refractivity contribution in [2.45, 2.75) is 20.4 Å². The van der Waals surface area contributed by atoms with Gasteiger partial charge in [-0.15, -0.1) is 11.3 Å². The van der Waals surface area contributed by atoms with Crippen molar-refractivity contribution in [3.8, 4) is 11.8 Å². The molecule has 0 atom stereocenters. The summed E-state index contributed by atoms with van der Waals surface area (Å²) in [6, 6.07) is 9.24. The molecule has 1 heterocycles. The summed E-state index contributed by atoms with van der Waals surface area (Å²) in [7, 11) is 0. The summed E-state index contributed by atoms with van der Waals surface area (Å²) < 4.78 is 0. The molecule has 0 fully saturated rings. The van der Waals surface area contributed by atoms with Crippen LogP contribution in [0.1, 0.15) is 31.2 Å². The van der Waals surface area contributed by atoms with Crippen LogP contribution in [0, 0.1) is 25.7 Å². The maximum Gasteiger partial charge on any atom is 0.252 e. The molecular formula is C17H17NO2S. The van der Waals surface area contributed by atoms with Crippen molar-refractivity contribution in [2.75, 3.05) is 6.61 Å². The van der Waals surface area contributed by atoms with Crippen LogP contribution >= 0.6 is 11.3 Å². The maximum atomic E-state index is 12.3. The zero-order chi connectivity index (χ0) is 15.2. The average Bonchev–Trinajstić information content (AvgIpc) is 2.81. The third-order valence-corrected chi connectivity index (χ3v) is 4.27. The van der Waals surface area contributed by atoms with Crippen LogP contribution < -0.4 is 5.32 Å². The minimum Gasteiger partial charge on any atom is -0.384 e. The number of benzene rings is 1. The van der Waals surface area contributed by atoms with E-state index in [1.165, 1.54) is 10.4 Å². The van der Waals surface area contributed by atoms with E-state index >= 15 is 0 Å². The Hall–Kier alpha value is -2.09. The predicted octanol–water partition coefficient (Wildman–Crippen LogP) is 2.64. The Morgan fingerprint density at radius 2 is 2.10 bits per heavy atom. The Morgan fingerprint density at radius 1 is 1.33 bits per heavy atom. The van der Waals surface area contributed by atoms with Crippen molar-refractivity contribution in [3.05, 3.63) is 56.8 Å². The normalized spacial score (nSPS) is 9.86. The first-order valence-electron chi connectivity index (χ1n) is 6.64. The van der Waals surface area contributed by atoms with E-state index < -0.39 is 0 Å². The number of aliphatic hydroxyl groups is 1. The van der Waals surface area contributed by atoms with Gasteiger partial charge in [0, 0.05) is 15.3 Å². The molecule has 0 saturated carbocycles. The van der Waals surface area contributed by atoms with E-state index in [4.69, 9.17) is 5.11 Å². The summed E-state index contributed by atoms with van der Waals surface area (Å²) in [5.74, 6) is 5.22. The fourth-order valence-electron chi connectivity index (χ4n) is 1.92. The zero-order valence-corrected chi connectivity index (χ0v) is 12.9. The van der Waals surface area contributed by atoms with Gasteiger partial charge in [0.25, 0.3) is 5.91 Å². The lowest BCUT2D eigenvalue weighted by Gasteiger charge is -2.05. The van der Waals surface area contributed by atoms with Gasteiger partial charge in [-0.05, 0) is 37.6 Å². The monoisotopic (exact) mass is 299 g/mol. The van der Waals surface area contributed by atoms with Crippen molar-refractivity contribution in [2.24, 2.45) is 0 Å². The molecule has 2 rings (SSSR count). The van der Waals surface area contributed by atoms with Crippen LogP contribution in [0.4, 0.5) is 0 Å². The molecule has 2 aromatic rings. The van der Waals surface area contributed by atoms with E-state index in [2.05, 4.69) is 37.1 Å². The number of hydrogen-bond acceptors (Lipinski definition) is 3. The summed E-state index contributed by atoms with van der Waals surface area (Å²) in [6.45, 7) is 4.44. The van der Waals surface area contributed by atoms with Gasteiger partial charge in [0.15, 0.2) is 0 Å². The molecular weight excluding hydrogens is 282 g/mol. The fraction of sp³-hybridized carbons (Fsp3) is 0.235. The van der Waals surface area contributed by atoms with Gasteiger partial charge in [0.2, 0.25) is 0 Å². The summed E-state index contributed by atoms with van der Waals surface area (Å²) in [6.07, 6.45) is 0.